The third-order valence-corrected chi connectivity index (χ3v) is 3.74. The third kappa shape index (κ3) is 2.95. The normalized spacial score (nSPS) is 18.5. The minimum atomic E-state index is -0.451. The second kappa shape index (κ2) is 5.87. The van der Waals surface area contributed by atoms with E-state index in [4.69, 9.17) is 5.11 Å². The molecule has 6 heteroatoms. The van der Waals surface area contributed by atoms with Crippen molar-refractivity contribution in [2.24, 2.45) is 0 Å². The first-order valence-corrected chi connectivity index (χ1v) is 6.78. The molecule has 1 atom stereocenters. The van der Waals surface area contributed by atoms with Gasteiger partial charge in [-0.25, -0.2) is 0 Å². The number of amides is 2. The molecule has 1 aromatic rings. The molecule has 1 unspecified atom stereocenters. The van der Waals surface area contributed by atoms with Crippen LogP contribution in [0.3, 0.4) is 0 Å². The molecule has 1 aliphatic rings. The quantitative estimate of drug-likeness (QED) is 0.713. The Morgan fingerprint density at radius 3 is 3.21 bits per heavy atom. The second-order valence-electron chi connectivity index (χ2n) is 4.13. The zero-order valence-corrected chi connectivity index (χ0v) is 11.3. The number of thiophene rings is 1. The molecule has 0 saturated carbocycles. The van der Waals surface area contributed by atoms with E-state index in [0.717, 1.165) is 4.88 Å². The van der Waals surface area contributed by atoms with Crippen molar-refractivity contribution in [2.75, 3.05) is 19.7 Å². The van der Waals surface area contributed by atoms with Crippen molar-refractivity contribution in [3.8, 4) is 11.8 Å². The summed E-state index contributed by atoms with van der Waals surface area (Å²) < 4.78 is 0. The standard InChI is InChI=1S/C13H14N2O3S/c1-9-12(17)14-4-5-15(9)13(18)10-7-11(19-8-10)3-2-6-16/h7-9,16H,4-6H2,1H3,(H,14,17). The molecule has 0 aromatic carbocycles. The molecule has 19 heavy (non-hydrogen) atoms. The molecule has 2 heterocycles. The lowest BCUT2D eigenvalue weighted by Gasteiger charge is -2.32. The molecule has 1 aromatic heterocycles. The van der Waals surface area contributed by atoms with E-state index >= 15 is 0 Å². The van der Waals surface area contributed by atoms with Crippen LogP contribution in [0.1, 0.15) is 22.2 Å². The first kappa shape index (κ1) is 13.6. The second-order valence-corrected chi connectivity index (χ2v) is 5.04. The molecule has 0 radical (unpaired) electrons. The van der Waals surface area contributed by atoms with Crippen LogP contribution in [0.4, 0.5) is 0 Å². The van der Waals surface area contributed by atoms with Crippen molar-refractivity contribution in [1.29, 1.82) is 0 Å². The summed E-state index contributed by atoms with van der Waals surface area (Å²) in [6.45, 7) is 2.51. The van der Waals surface area contributed by atoms with Crippen LogP contribution in [-0.2, 0) is 4.79 Å². The van der Waals surface area contributed by atoms with Gasteiger partial charge in [0.15, 0.2) is 0 Å². The summed E-state index contributed by atoms with van der Waals surface area (Å²) in [5, 5.41) is 13.1. The number of nitrogens with one attached hydrogen (secondary N) is 1. The average Bonchev–Trinajstić information content (AvgIpc) is 2.87. The summed E-state index contributed by atoms with van der Waals surface area (Å²) in [5.74, 6) is 5.01. The lowest BCUT2D eigenvalue weighted by molar-refractivity contribution is -0.127. The average molecular weight is 278 g/mol. The molecule has 2 rings (SSSR count). The molecule has 5 nitrogen and oxygen atoms in total. The Kier molecular flexibility index (Phi) is 4.20. The van der Waals surface area contributed by atoms with E-state index in [1.165, 1.54) is 11.3 Å². The van der Waals surface area contributed by atoms with Gasteiger partial charge in [0.1, 0.15) is 12.6 Å². The fourth-order valence-electron chi connectivity index (χ4n) is 1.87. The molecule has 0 bridgehead atoms. The fourth-order valence-corrected chi connectivity index (χ4v) is 2.62. The van der Waals surface area contributed by atoms with Crippen LogP contribution < -0.4 is 5.32 Å². The Hall–Kier alpha value is -1.84. The van der Waals surface area contributed by atoms with Gasteiger partial charge < -0.3 is 15.3 Å². The predicted molar refractivity (Wildman–Crippen MR) is 71.8 cm³/mol. The van der Waals surface area contributed by atoms with Crippen LogP contribution in [0.5, 0.6) is 0 Å². The maximum absolute atomic E-state index is 12.3. The van der Waals surface area contributed by atoms with E-state index in [2.05, 4.69) is 17.2 Å². The van der Waals surface area contributed by atoms with Gasteiger partial charge in [0.25, 0.3) is 5.91 Å². The van der Waals surface area contributed by atoms with E-state index in [1.807, 2.05) is 0 Å². The minimum absolute atomic E-state index is 0.130. The zero-order chi connectivity index (χ0) is 13.8. The fraction of sp³-hybridized carbons (Fsp3) is 0.385. The zero-order valence-electron chi connectivity index (χ0n) is 10.5. The van der Waals surface area contributed by atoms with Gasteiger partial charge >= 0.3 is 0 Å². The summed E-state index contributed by atoms with van der Waals surface area (Å²) >= 11 is 1.35. The number of hydrogen-bond acceptors (Lipinski definition) is 4. The van der Waals surface area contributed by atoms with Crippen LogP contribution in [0.2, 0.25) is 0 Å². The Labute approximate surface area is 115 Å². The van der Waals surface area contributed by atoms with Gasteiger partial charge in [-0.15, -0.1) is 11.3 Å². The van der Waals surface area contributed by atoms with Crippen LogP contribution in [-0.4, -0.2) is 47.6 Å². The molecule has 100 valence electrons. The highest BCUT2D eigenvalue weighted by Crippen LogP contribution is 2.17. The van der Waals surface area contributed by atoms with E-state index in [1.54, 1.807) is 23.3 Å². The van der Waals surface area contributed by atoms with Gasteiger partial charge in [-0.05, 0) is 13.0 Å². The Morgan fingerprint density at radius 1 is 1.68 bits per heavy atom. The molecule has 1 aliphatic heterocycles. The SMILES string of the molecule is CC1C(=O)NCCN1C(=O)c1csc(C#CCO)c1. The molecule has 2 amide bonds. The van der Waals surface area contributed by atoms with Crippen molar-refractivity contribution in [2.45, 2.75) is 13.0 Å². The molecule has 0 aliphatic carbocycles. The molecule has 1 saturated heterocycles. The Balaban J connectivity index is 2.15. The number of hydrogen-bond donors (Lipinski definition) is 2. The van der Waals surface area contributed by atoms with Crippen LogP contribution >= 0.6 is 11.3 Å². The molecular formula is C13H14N2O3S. The topological polar surface area (TPSA) is 69.6 Å². The van der Waals surface area contributed by atoms with Crippen molar-refractivity contribution in [3.63, 3.8) is 0 Å². The highest BCUT2D eigenvalue weighted by Gasteiger charge is 2.30. The number of rotatable bonds is 1. The number of piperazine rings is 1. The van der Waals surface area contributed by atoms with Gasteiger partial charge in [-0.2, -0.15) is 0 Å². The van der Waals surface area contributed by atoms with Crippen molar-refractivity contribution in [1.82, 2.24) is 10.2 Å². The molecule has 1 fully saturated rings. The smallest absolute Gasteiger partial charge is 0.255 e. The number of aliphatic hydroxyl groups is 1. The van der Waals surface area contributed by atoms with E-state index in [9.17, 15) is 9.59 Å². The largest absolute Gasteiger partial charge is 0.384 e. The van der Waals surface area contributed by atoms with Gasteiger partial charge in [0.2, 0.25) is 5.91 Å². The van der Waals surface area contributed by atoms with Crippen molar-refractivity contribution < 1.29 is 14.7 Å². The van der Waals surface area contributed by atoms with E-state index in [-0.39, 0.29) is 18.4 Å². The predicted octanol–water partition coefficient (Wildman–Crippen LogP) is 0.0524. The monoisotopic (exact) mass is 278 g/mol. The highest BCUT2D eigenvalue weighted by molar-refractivity contribution is 7.10. The number of nitrogens with zero attached hydrogens (tertiary/aromatic N) is 1. The summed E-state index contributed by atoms with van der Waals surface area (Å²) in [6.07, 6.45) is 0. The van der Waals surface area contributed by atoms with Crippen molar-refractivity contribution in [3.05, 3.63) is 21.9 Å². The summed E-state index contributed by atoms with van der Waals surface area (Å²) in [5.41, 5.74) is 0.536. The van der Waals surface area contributed by atoms with E-state index < -0.39 is 6.04 Å². The van der Waals surface area contributed by atoms with Crippen LogP contribution in [0.25, 0.3) is 0 Å². The van der Waals surface area contributed by atoms with Crippen LogP contribution in [0, 0.1) is 11.8 Å². The Bertz CT molecular complexity index is 556. The first-order chi connectivity index (χ1) is 9.13. The lowest BCUT2D eigenvalue weighted by atomic mass is 10.1. The maximum atomic E-state index is 12.3. The lowest BCUT2D eigenvalue weighted by Crippen LogP contribution is -2.55. The van der Waals surface area contributed by atoms with Crippen LogP contribution in [0.15, 0.2) is 11.4 Å². The number of carbonyl (C=O) groups is 2. The van der Waals surface area contributed by atoms with Crippen molar-refractivity contribution >= 4 is 23.2 Å². The van der Waals surface area contributed by atoms with Gasteiger partial charge in [0, 0.05) is 18.5 Å². The molecule has 2 N–H and O–H groups in total. The van der Waals surface area contributed by atoms with Gasteiger partial charge in [0.05, 0.1) is 10.4 Å². The summed E-state index contributed by atoms with van der Waals surface area (Å²) in [4.78, 5) is 26.1. The van der Waals surface area contributed by atoms with E-state index in [0.29, 0.717) is 18.7 Å². The third-order valence-electron chi connectivity index (χ3n) is 2.90. The molecule has 0 spiro atoms. The number of carbonyl (C=O) groups excluding carboxylic acids is 2. The highest BCUT2D eigenvalue weighted by atomic mass is 32.1. The summed E-state index contributed by atoms with van der Waals surface area (Å²) in [7, 11) is 0. The number of aliphatic hydroxyl groups excluding tert-OH is 1. The Morgan fingerprint density at radius 2 is 2.47 bits per heavy atom. The van der Waals surface area contributed by atoms with Gasteiger partial charge in [-0.1, -0.05) is 11.8 Å². The molecular weight excluding hydrogens is 264 g/mol. The maximum Gasteiger partial charge on any atom is 0.255 e. The first-order valence-electron chi connectivity index (χ1n) is 5.90. The minimum Gasteiger partial charge on any atom is -0.384 e. The van der Waals surface area contributed by atoms with Gasteiger partial charge in [-0.3, -0.25) is 9.59 Å². The summed E-state index contributed by atoms with van der Waals surface area (Å²) in [6, 6.07) is 1.24.